The van der Waals surface area contributed by atoms with Crippen molar-refractivity contribution in [3.63, 3.8) is 0 Å². The van der Waals surface area contributed by atoms with E-state index in [-0.39, 0.29) is 5.75 Å². The van der Waals surface area contributed by atoms with Crippen LogP contribution in [0, 0.1) is 5.92 Å². The van der Waals surface area contributed by atoms with Crippen LogP contribution in [0.25, 0.3) is 17.2 Å². The minimum Gasteiger partial charge on any atom is -0.507 e. The number of benzene rings is 3. The molecule has 1 nitrogen and oxygen atoms in total. The molecule has 0 fully saturated rings. The zero-order valence-corrected chi connectivity index (χ0v) is 21.2. The van der Waals surface area contributed by atoms with Crippen LogP contribution in [0.15, 0.2) is 67.2 Å². The molecule has 2 heteroatoms. The van der Waals surface area contributed by atoms with Crippen molar-refractivity contribution >= 4 is 28.8 Å². The zero-order valence-electron chi connectivity index (χ0n) is 20.4. The van der Waals surface area contributed by atoms with Crippen molar-refractivity contribution in [2.75, 3.05) is 0 Å². The van der Waals surface area contributed by atoms with E-state index in [1.807, 2.05) is 18.2 Å². The van der Waals surface area contributed by atoms with Gasteiger partial charge < -0.3 is 5.11 Å². The molecule has 0 spiro atoms. The third-order valence-corrected chi connectivity index (χ3v) is 7.37. The van der Waals surface area contributed by atoms with Crippen LogP contribution in [0.4, 0.5) is 0 Å². The third-order valence-electron chi connectivity index (χ3n) is 7.14. The number of allylic oxidation sites excluding steroid dienone is 1. The number of hydrogen-bond donors (Lipinski definition) is 1. The van der Waals surface area contributed by atoms with Crippen LogP contribution in [0.1, 0.15) is 79.3 Å². The number of phenols is 1. The standard InChI is InChI=1S/C32H35ClO/c1-4-8-22(5-2)19-24-11-14-25(15-12-24)32-28-17-13-23(6-3)20-26(28)9-7-10-30(32)29-18-16-27(33)21-31(29)34/h6,11-18,20-22,34H,3-5,7-10,19H2,1-2H3. The Bertz CT molecular complexity index is 1190. The lowest BCUT2D eigenvalue weighted by Gasteiger charge is -2.19. The van der Waals surface area contributed by atoms with E-state index >= 15 is 0 Å². The van der Waals surface area contributed by atoms with E-state index in [1.54, 1.807) is 6.07 Å². The van der Waals surface area contributed by atoms with Crippen LogP contribution in [0.3, 0.4) is 0 Å². The number of rotatable bonds is 8. The van der Waals surface area contributed by atoms with E-state index in [0.717, 1.165) is 42.7 Å². The number of aromatic hydroxyl groups is 1. The Morgan fingerprint density at radius 1 is 0.971 bits per heavy atom. The van der Waals surface area contributed by atoms with Crippen molar-refractivity contribution in [2.24, 2.45) is 5.92 Å². The van der Waals surface area contributed by atoms with Gasteiger partial charge in [-0.15, -0.1) is 0 Å². The fraction of sp³-hybridized carbons (Fsp3) is 0.312. The summed E-state index contributed by atoms with van der Waals surface area (Å²) in [6.45, 7) is 8.53. The summed E-state index contributed by atoms with van der Waals surface area (Å²) in [5.74, 6) is 0.987. The van der Waals surface area contributed by atoms with Crippen molar-refractivity contribution in [1.82, 2.24) is 0 Å². The molecule has 3 aromatic carbocycles. The lowest BCUT2D eigenvalue weighted by atomic mass is 9.86. The number of fused-ring (bicyclic) bond motifs is 1. The first-order chi connectivity index (χ1) is 16.5. The van der Waals surface area contributed by atoms with E-state index in [9.17, 15) is 5.11 Å². The minimum absolute atomic E-state index is 0.244. The molecule has 0 saturated carbocycles. The average Bonchev–Trinajstić information content (AvgIpc) is 3.03. The number of phenolic OH excluding ortho intramolecular Hbond substituents is 1. The van der Waals surface area contributed by atoms with Gasteiger partial charge in [-0.05, 0) is 88.8 Å². The molecule has 176 valence electrons. The Hall–Kier alpha value is -2.77. The summed E-state index contributed by atoms with van der Waals surface area (Å²) in [4.78, 5) is 0. The summed E-state index contributed by atoms with van der Waals surface area (Å²) < 4.78 is 0. The average molecular weight is 471 g/mol. The molecule has 1 atom stereocenters. The van der Waals surface area contributed by atoms with E-state index in [2.05, 4.69) is 62.9 Å². The van der Waals surface area contributed by atoms with Crippen LogP contribution in [-0.4, -0.2) is 5.11 Å². The van der Waals surface area contributed by atoms with Crippen molar-refractivity contribution in [3.05, 3.63) is 106 Å². The summed E-state index contributed by atoms with van der Waals surface area (Å²) in [6.07, 6.45) is 9.72. The summed E-state index contributed by atoms with van der Waals surface area (Å²) in [5, 5.41) is 11.4. The first-order valence-electron chi connectivity index (χ1n) is 12.6. The Kier molecular flexibility index (Phi) is 7.95. The molecule has 0 aromatic heterocycles. The fourth-order valence-electron chi connectivity index (χ4n) is 5.29. The molecule has 1 unspecified atom stereocenters. The van der Waals surface area contributed by atoms with Gasteiger partial charge in [-0.25, -0.2) is 0 Å². The van der Waals surface area contributed by atoms with E-state index in [1.165, 1.54) is 52.7 Å². The monoisotopic (exact) mass is 470 g/mol. The van der Waals surface area contributed by atoms with Gasteiger partial charge in [0.05, 0.1) is 0 Å². The molecule has 0 bridgehead atoms. The smallest absolute Gasteiger partial charge is 0.124 e. The van der Waals surface area contributed by atoms with E-state index in [0.29, 0.717) is 5.02 Å². The Labute approximate surface area is 209 Å². The van der Waals surface area contributed by atoms with Crippen LogP contribution in [0.5, 0.6) is 5.75 Å². The van der Waals surface area contributed by atoms with Gasteiger partial charge in [0, 0.05) is 10.6 Å². The normalized spacial score (nSPS) is 14.4. The molecule has 0 amide bonds. The van der Waals surface area contributed by atoms with Crippen molar-refractivity contribution in [2.45, 2.75) is 58.8 Å². The van der Waals surface area contributed by atoms with Gasteiger partial charge in [-0.2, -0.15) is 0 Å². The molecule has 34 heavy (non-hydrogen) atoms. The predicted octanol–water partition coefficient (Wildman–Crippen LogP) is 9.35. The van der Waals surface area contributed by atoms with Crippen molar-refractivity contribution < 1.29 is 5.11 Å². The number of halogens is 1. The minimum atomic E-state index is 0.244. The maximum Gasteiger partial charge on any atom is 0.124 e. The molecule has 1 aliphatic rings. The second kappa shape index (κ2) is 11.1. The summed E-state index contributed by atoms with van der Waals surface area (Å²) >= 11 is 6.16. The first kappa shape index (κ1) is 24.4. The lowest BCUT2D eigenvalue weighted by molar-refractivity contribution is 0.462. The van der Waals surface area contributed by atoms with Gasteiger partial charge >= 0.3 is 0 Å². The maximum absolute atomic E-state index is 10.8. The van der Waals surface area contributed by atoms with Crippen LogP contribution >= 0.6 is 11.6 Å². The van der Waals surface area contributed by atoms with Gasteiger partial charge in [-0.3, -0.25) is 0 Å². The largest absolute Gasteiger partial charge is 0.507 e. The second-order valence-electron chi connectivity index (χ2n) is 9.45. The molecule has 0 heterocycles. The molecule has 4 rings (SSSR count). The number of aryl methyl sites for hydroxylation is 1. The SMILES string of the molecule is C=Cc1ccc2c(c1)CCCC(c1ccc(Cl)cc1O)=C2c1ccc(CC(CC)CCC)cc1. The van der Waals surface area contributed by atoms with Gasteiger partial charge in [0.2, 0.25) is 0 Å². The summed E-state index contributed by atoms with van der Waals surface area (Å²) in [6, 6.07) is 21.2. The van der Waals surface area contributed by atoms with Gasteiger partial charge in [-0.1, -0.05) is 99.8 Å². The van der Waals surface area contributed by atoms with Gasteiger partial charge in [0.15, 0.2) is 0 Å². The fourth-order valence-corrected chi connectivity index (χ4v) is 5.46. The molecule has 0 saturated heterocycles. The Balaban J connectivity index is 1.85. The Morgan fingerprint density at radius 3 is 2.41 bits per heavy atom. The lowest BCUT2D eigenvalue weighted by Crippen LogP contribution is -2.03. The number of hydrogen-bond acceptors (Lipinski definition) is 1. The highest BCUT2D eigenvalue weighted by Crippen LogP contribution is 2.43. The quantitative estimate of drug-likeness (QED) is 0.347. The highest BCUT2D eigenvalue weighted by atomic mass is 35.5. The molecule has 1 N–H and O–H groups in total. The summed E-state index contributed by atoms with van der Waals surface area (Å²) in [5.41, 5.74) is 9.61. The molecule has 0 aliphatic heterocycles. The molecular formula is C32H35ClO. The van der Waals surface area contributed by atoms with Crippen LogP contribution < -0.4 is 0 Å². The molecule has 0 radical (unpaired) electrons. The zero-order chi connectivity index (χ0) is 24.1. The van der Waals surface area contributed by atoms with Gasteiger partial charge in [0.1, 0.15) is 5.75 Å². The van der Waals surface area contributed by atoms with Crippen LogP contribution in [0.2, 0.25) is 5.02 Å². The molecule has 1 aliphatic carbocycles. The predicted molar refractivity (Wildman–Crippen MR) is 147 cm³/mol. The first-order valence-corrected chi connectivity index (χ1v) is 13.0. The van der Waals surface area contributed by atoms with Gasteiger partial charge in [0.25, 0.3) is 0 Å². The highest BCUT2D eigenvalue weighted by Gasteiger charge is 2.22. The van der Waals surface area contributed by atoms with E-state index < -0.39 is 0 Å². The summed E-state index contributed by atoms with van der Waals surface area (Å²) in [7, 11) is 0. The maximum atomic E-state index is 10.8. The second-order valence-corrected chi connectivity index (χ2v) is 9.89. The Morgan fingerprint density at radius 2 is 1.74 bits per heavy atom. The van der Waals surface area contributed by atoms with Crippen molar-refractivity contribution in [3.8, 4) is 5.75 Å². The van der Waals surface area contributed by atoms with Crippen molar-refractivity contribution in [1.29, 1.82) is 0 Å². The van der Waals surface area contributed by atoms with E-state index in [4.69, 9.17) is 11.6 Å². The molecule has 3 aromatic rings. The van der Waals surface area contributed by atoms with Crippen LogP contribution in [-0.2, 0) is 12.8 Å². The third kappa shape index (κ3) is 5.31. The molecular weight excluding hydrogens is 436 g/mol. The topological polar surface area (TPSA) is 20.2 Å². The highest BCUT2D eigenvalue weighted by molar-refractivity contribution is 6.30.